The molecule has 3 amide bonds. The lowest BCUT2D eigenvalue weighted by atomic mass is 9.80. The van der Waals surface area contributed by atoms with Crippen LogP contribution in [0.15, 0.2) is 66.7 Å². The van der Waals surface area contributed by atoms with Gasteiger partial charge in [-0.15, -0.1) is 0 Å². The van der Waals surface area contributed by atoms with E-state index in [2.05, 4.69) is 18.3 Å². The smallest absolute Gasteiger partial charge is 0.243 e. The average molecular weight is 721 g/mol. The molecule has 3 heterocycles. The third kappa shape index (κ3) is 7.97. The molecule has 0 spiro atoms. The first-order chi connectivity index (χ1) is 25.6. The highest BCUT2D eigenvalue weighted by atomic mass is 16.5. The van der Waals surface area contributed by atoms with E-state index in [9.17, 15) is 19.2 Å². The Kier molecular flexibility index (Phi) is 10.9. The number of methoxy groups -OCH3 is 1. The monoisotopic (exact) mass is 720 g/mol. The summed E-state index contributed by atoms with van der Waals surface area (Å²) in [5.74, 6) is -1.36. The van der Waals surface area contributed by atoms with Crippen molar-refractivity contribution in [3.05, 3.63) is 66.7 Å². The third-order valence-electron chi connectivity index (χ3n) is 12.0. The van der Waals surface area contributed by atoms with Crippen molar-refractivity contribution in [1.29, 1.82) is 0 Å². The lowest BCUT2D eigenvalue weighted by Gasteiger charge is -2.32. The Morgan fingerprint density at radius 2 is 1.81 bits per heavy atom. The van der Waals surface area contributed by atoms with Crippen LogP contribution in [0.2, 0.25) is 0 Å². The Hall–Kier alpha value is -4.73. The van der Waals surface area contributed by atoms with Crippen molar-refractivity contribution in [3.63, 3.8) is 0 Å². The van der Waals surface area contributed by atoms with Gasteiger partial charge in [0.25, 0.3) is 0 Å². The van der Waals surface area contributed by atoms with E-state index in [1.165, 1.54) is 0 Å². The molecule has 3 aromatic rings. The number of carbonyl (C=O) groups is 4. The van der Waals surface area contributed by atoms with Gasteiger partial charge in [0.05, 0.1) is 24.2 Å². The number of nitrogens with one attached hydrogen (secondary N) is 1. The summed E-state index contributed by atoms with van der Waals surface area (Å²) in [5.41, 5.74) is 7.10. The topological polar surface area (TPSA) is 141 Å². The van der Waals surface area contributed by atoms with Crippen LogP contribution in [0.4, 0.5) is 0 Å². The van der Waals surface area contributed by atoms with Gasteiger partial charge in [-0.05, 0) is 69.4 Å². The van der Waals surface area contributed by atoms with Crippen molar-refractivity contribution in [2.75, 3.05) is 20.2 Å². The Bertz CT molecular complexity index is 1880. The van der Waals surface area contributed by atoms with Crippen LogP contribution in [-0.2, 0) is 19.2 Å². The fourth-order valence-corrected chi connectivity index (χ4v) is 8.84. The SMILES string of the molecule is COc1ccc2c(O[C@H]3CC4C(=O)[C@@H](CC(=O)N5CCCC(C)C5)CCCCC/C=C\[C@@H]5C[C@@]5(C(N)=O)NC(=O)[C@@H]4C3)cc(-c3ccccc3)nc2c1. The first-order valence-electron chi connectivity index (χ1n) is 19.5. The van der Waals surface area contributed by atoms with Gasteiger partial charge in [-0.1, -0.05) is 62.2 Å². The molecule has 4 aliphatic rings. The average Bonchev–Trinajstić information content (AvgIpc) is 3.70. The number of piperidine rings is 1. The molecular weight excluding hydrogens is 668 g/mol. The molecule has 2 aliphatic heterocycles. The number of hydrogen-bond donors (Lipinski definition) is 2. The van der Waals surface area contributed by atoms with Crippen molar-refractivity contribution in [2.24, 2.45) is 35.3 Å². The van der Waals surface area contributed by atoms with Crippen molar-refractivity contribution in [3.8, 4) is 22.8 Å². The van der Waals surface area contributed by atoms with E-state index in [-0.39, 0.29) is 36.4 Å². The summed E-state index contributed by atoms with van der Waals surface area (Å²) in [6.07, 6.45) is 11.0. The fraction of sp³-hybridized carbons (Fsp3) is 0.512. The zero-order valence-electron chi connectivity index (χ0n) is 30.9. The van der Waals surface area contributed by atoms with Gasteiger partial charge in [-0.2, -0.15) is 0 Å². The molecule has 7 rings (SSSR count). The highest BCUT2D eigenvalue weighted by Crippen LogP contribution is 2.47. The van der Waals surface area contributed by atoms with E-state index in [1.807, 2.05) is 65.6 Å². The molecular formula is C43H52N4O6. The van der Waals surface area contributed by atoms with Gasteiger partial charge >= 0.3 is 0 Å². The number of fused-ring (bicyclic) bond motifs is 3. The predicted molar refractivity (Wildman–Crippen MR) is 203 cm³/mol. The van der Waals surface area contributed by atoms with E-state index in [4.69, 9.17) is 20.2 Å². The number of ether oxygens (including phenoxy) is 2. The lowest BCUT2D eigenvalue weighted by molar-refractivity contribution is -0.140. The van der Waals surface area contributed by atoms with E-state index in [0.29, 0.717) is 55.3 Å². The Balaban J connectivity index is 1.21. The molecule has 2 saturated carbocycles. The Labute approximate surface area is 311 Å². The molecule has 1 aromatic heterocycles. The molecule has 2 aromatic carbocycles. The highest BCUT2D eigenvalue weighted by Gasteiger charge is 2.60. The third-order valence-corrected chi connectivity index (χ3v) is 12.0. The molecule has 7 atom stereocenters. The molecule has 2 unspecified atom stereocenters. The van der Waals surface area contributed by atoms with Crippen LogP contribution in [0.1, 0.15) is 77.6 Å². The lowest BCUT2D eigenvalue weighted by Crippen LogP contribution is -2.51. The summed E-state index contributed by atoms with van der Waals surface area (Å²) in [6.45, 7) is 3.59. The molecule has 53 heavy (non-hydrogen) atoms. The normalized spacial score (nSPS) is 29.9. The second kappa shape index (κ2) is 15.7. The molecule has 3 fully saturated rings. The maximum absolute atomic E-state index is 14.8. The van der Waals surface area contributed by atoms with Gasteiger partial charge in [0.15, 0.2) is 0 Å². The van der Waals surface area contributed by atoms with E-state index in [0.717, 1.165) is 55.2 Å². The number of benzene rings is 2. The van der Waals surface area contributed by atoms with Crippen LogP contribution in [0, 0.1) is 29.6 Å². The van der Waals surface area contributed by atoms with Crippen LogP contribution >= 0.6 is 0 Å². The Morgan fingerprint density at radius 1 is 1.00 bits per heavy atom. The summed E-state index contributed by atoms with van der Waals surface area (Å²) in [6, 6.07) is 17.4. The first kappa shape index (κ1) is 36.6. The zero-order valence-corrected chi connectivity index (χ0v) is 30.9. The molecule has 1 saturated heterocycles. The maximum atomic E-state index is 14.8. The molecule has 0 radical (unpaired) electrons. The van der Waals surface area contributed by atoms with E-state index < -0.39 is 35.3 Å². The van der Waals surface area contributed by atoms with Gasteiger partial charge in [0.2, 0.25) is 17.7 Å². The predicted octanol–water partition coefficient (Wildman–Crippen LogP) is 6.40. The highest BCUT2D eigenvalue weighted by molar-refractivity contribution is 5.98. The standard InChI is InChI=1S/C43H52N4O6/c1-27-12-11-19-47(26-27)39(48)20-29-15-7-4-3-5-10-16-30-25-43(30,42(44)51)46-41(50)35-22-32(21-34(35)40(29)49)53-38-24-36(28-13-8-6-9-14-28)45-37-23-31(52-2)17-18-33(37)38/h6,8-10,13-14,16-18,23-24,27,29-30,32,34-35H,3-5,7,11-12,15,19-22,25-26H2,1-2H3,(H2,44,51)(H,46,50)/b16-10-/t27?,29-,30-,32+,34?,35-,43-/m1/s1. The number of rotatable bonds is 7. The minimum atomic E-state index is -1.16. The number of aromatic nitrogens is 1. The van der Waals surface area contributed by atoms with Crippen LogP contribution < -0.4 is 20.5 Å². The van der Waals surface area contributed by atoms with Gasteiger partial charge in [-0.3, -0.25) is 19.2 Å². The largest absolute Gasteiger partial charge is 0.497 e. The second-order valence-corrected chi connectivity index (χ2v) is 15.8. The van der Waals surface area contributed by atoms with Crippen molar-refractivity contribution in [2.45, 2.75) is 89.2 Å². The number of amides is 3. The number of likely N-dealkylation sites (tertiary alicyclic amines) is 1. The number of ketones is 1. The van der Waals surface area contributed by atoms with Crippen molar-refractivity contribution < 1.29 is 28.7 Å². The second-order valence-electron chi connectivity index (χ2n) is 15.8. The molecule has 280 valence electrons. The molecule has 10 nitrogen and oxygen atoms in total. The maximum Gasteiger partial charge on any atom is 0.243 e. The molecule has 2 aliphatic carbocycles. The Morgan fingerprint density at radius 3 is 2.58 bits per heavy atom. The van der Waals surface area contributed by atoms with Crippen LogP contribution in [0.25, 0.3) is 22.2 Å². The number of pyridine rings is 1. The van der Waals surface area contributed by atoms with Gasteiger partial charge in [0.1, 0.15) is 28.9 Å². The summed E-state index contributed by atoms with van der Waals surface area (Å²) in [5, 5.41) is 3.81. The number of nitrogens with two attached hydrogens (primary N) is 1. The van der Waals surface area contributed by atoms with Crippen LogP contribution in [0.5, 0.6) is 11.5 Å². The number of allylic oxidation sites excluding steroid dienone is 1. The van der Waals surface area contributed by atoms with Gasteiger partial charge in [0, 0.05) is 60.3 Å². The molecule has 0 bridgehead atoms. The van der Waals surface area contributed by atoms with Crippen LogP contribution in [-0.4, -0.2) is 65.2 Å². The molecule has 3 N–H and O–H groups in total. The molecule has 10 heteroatoms. The minimum Gasteiger partial charge on any atom is -0.497 e. The summed E-state index contributed by atoms with van der Waals surface area (Å²) < 4.78 is 12.3. The van der Waals surface area contributed by atoms with Crippen molar-refractivity contribution in [1.82, 2.24) is 15.2 Å². The number of hydrogen-bond acceptors (Lipinski definition) is 7. The number of carbonyl (C=O) groups excluding carboxylic acids is 4. The zero-order chi connectivity index (χ0) is 37.1. The van der Waals surface area contributed by atoms with E-state index >= 15 is 0 Å². The van der Waals surface area contributed by atoms with Crippen molar-refractivity contribution >= 4 is 34.4 Å². The number of nitrogens with zero attached hydrogens (tertiary/aromatic N) is 2. The number of Topliss-reactive ketones (excluding diaryl/α,β-unsaturated/α-hetero) is 1. The quantitative estimate of drug-likeness (QED) is 0.269. The summed E-state index contributed by atoms with van der Waals surface area (Å²) in [4.78, 5) is 62.5. The first-order valence-corrected chi connectivity index (χ1v) is 19.5. The summed E-state index contributed by atoms with van der Waals surface area (Å²) >= 11 is 0. The fourth-order valence-electron chi connectivity index (χ4n) is 8.84. The van der Waals surface area contributed by atoms with E-state index in [1.54, 1.807) is 7.11 Å². The summed E-state index contributed by atoms with van der Waals surface area (Å²) in [7, 11) is 1.61. The van der Waals surface area contributed by atoms with Gasteiger partial charge < -0.3 is 25.4 Å². The van der Waals surface area contributed by atoms with Gasteiger partial charge in [-0.25, -0.2) is 4.98 Å². The minimum absolute atomic E-state index is 0.0168. The number of primary amides is 1. The van der Waals surface area contributed by atoms with Crippen LogP contribution in [0.3, 0.4) is 0 Å².